The Labute approximate surface area is 145 Å². The van der Waals surface area contributed by atoms with Crippen LogP contribution in [0.3, 0.4) is 0 Å². The molecular formula is C16H19N5O3S. The molecule has 25 heavy (non-hydrogen) atoms. The van der Waals surface area contributed by atoms with Crippen molar-refractivity contribution in [3.8, 4) is 5.75 Å². The molecule has 1 N–H and O–H groups in total. The summed E-state index contributed by atoms with van der Waals surface area (Å²) >= 11 is 0. The molecule has 2 aromatic heterocycles. The Morgan fingerprint density at radius 3 is 2.88 bits per heavy atom. The molecule has 0 radical (unpaired) electrons. The van der Waals surface area contributed by atoms with E-state index in [-0.39, 0.29) is 4.90 Å². The number of hydrogen-bond donors (Lipinski definition) is 1. The fourth-order valence-electron chi connectivity index (χ4n) is 2.51. The highest BCUT2D eigenvalue weighted by Gasteiger charge is 2.16. The van der Waals surface area contributed by atoms with Gasteiger partial charge in [0.2, 0.25) is 10.0 Å². The lowest BCUT2D eigenvalue weighted by molar-refractivity contribution is 0.414. The lowest BCUT2D eigenvalue weighted by Crippen LogP contribution is -2.25. The van der Waals surface area contributed by atoms with Crippen molar-refractivity contribution < 1.29 is 13.2 Å². The van der Waals surface area contributed by atoms with Crippen molar-refractivity contribution in [3.05, 3.63) is 48.0 Å². The molecule has 3 aromatic rings. The van der Waals surface area contributed by atoms with Crippen molar-refractivity contribution in [2.24, 2.45) is 0 Å². The number of benzene rings is 1. The molecule has 0 unspecified atom stereocenters. The zero-order valence-corrected chi connectivity index (χ0v) is 14.8. The van der Waals surface area contributed by atoms with Crippen molar-refractivity contribution in [3.63, 3.8) is 0 Å². The maximum absolute atomic E-state index is 12.4. The van der Waals surface area contributed by atoms with E-state index in [2.05, 4.69) is 19.8 Å². The largest absolute Gasteiger partial charge is 0.497 e. The van der Waals surface area contributed by atoms with Crippen LogP contribution in [0.15, 0.2) is 41.8 Å². The van der Waals surface area contributed by atoms with Crippen LogP contribution < -0.4 is 9.46 Å². The molecule has 3 rings (SSSR count). The first-order chi connectivity index (χ1) is 12.0. The van der Waals surface area contributed by atoms with Crippen LogP contribution in [0.1, 0.15) is 17.5 Å². The van der Waals surface area contributed by atoms with E-state index >= 15 is 0 Å². The van der Waals surface area contributed by atoms with E-state index in [0.717, 1.165) is 5.56 Å². The van der Waals surface area contributed by atoms with Gasteiger partial charge in [0, 0.05) is 18.9 Å². The number of hydrogen-bond acceptors (Lipinski definition) is 6. The van der Waals surface area contributed by atoms with Gasteiger partial charge in [-0.05, 0) is 49.1 Å². The maximum atomic E-state index is 12.4. The molecular weight excluding hydrogens is 342 g/mol. The molecule has 8 nitrogen and oxygen atoms in total. The summed E-state index contributed by atoms with van der Waals surface area (Å²) in [5.74, 6) is 1.17. The van der Waals surface area contributed by atoms with Gasteiger partial charge in [-0.25, -0.2) is 22.6 Å². The van der Waals surface area contributed by atoms with Crippen LogP contribution in [0.2, 0.25) is 0 Å². The lowest BCUT2D eigenvalue weighted by Gasteiger charge is -2.10. The van der Waals surface area contributed by atoms with Gasteiger partial charge in [0.05, 0.1) is 12.0 Å². The van der Waals surface area contributed by atoms with E-state index < -0.39 is 10.0 Å². The van der Waals surface area contributed by atoms with Gasteiger partial charge in [0.15, 0.2) is 0 Å². The zero-order valence-electron chi connectivity index (χ0n) is 14.0. The predicted octanol–water partition coefficient (Wildman–Crippen LogP) is 1.35. The average molecular weight is 361 g/mol. The van der Waals surface area contributed by atoms with E-state index in [1.807, 2.05) is 6.20 Å². The van der Waals surface area contributed by atoms with Crippen LogP contribution in [0.25, 0.3) is 5.78 Å². The van der Waals surface area contributed by atoms with Crippen molar-refractivity contribution in [1.29, 1.82) is 0 Å². The number of nitrogens with one attached hydrogen (secondary N) is 1. The van der Waals surface area contributed by atoms with E-state index in [4.69, 9.17) is 4.74 Å². The van der Waals surface area contributed by atoms with E-state index in [1.165, 1.54) is 6.33 Å². The van der Waals surface area contributed by atoms with Crippen LogP contribution in [-0.2, 0) is 16.4 Å². The molecule has 0 aliphatic heterocycles. The molecule has 0 aliphatic carbocycles. The highest BCUT2D eigenvalue weighted by Crippen LogP contribution is 2.20. The second-order valence-electron chi connectivity index (χ2n) is 5.60. The summed E-state index contributed by atoms with van der Waals surface area (Å²) < 4.78 is 34.2. The monoisotopic (exact) mass is 361 g/mol. The Morgan fingerprint density at radius 1 is 1.28 bits per heavy atom. The normalized spacial score (nSPS) is 11.8. The van der Waals surface area contributed by atoms with Gasteiger partial charge in [-0.1, -0.05) is 0 Å². The summed E-state index contributed by atoms with van der Waals surface area (Å²) in [5.41, 5.74) is 1.62. The van der Waals surface area contributed by atoms with E-state index in [1.54, 1.807) is 42.9 Å². The van der Waals surface area contributed by atoms with Gasteiger partial charge in [-0.3, -0.25) is 0 Å². The van der Waals surface area contributed by atoms with Crippen LogP contribution in [-0.4, -0.2) is 41.7 Å². The van der Waals surface area contributed by atoms with Crippen molar-refractivity contribution in [2.75, 3.05) is 13.7 Å². The Balaban J connectivity index is 1.58. The van der Waals surface area contributed by atoms with Gasteiger partial charge in [0.1, 0.15) is 12.1 Å². The number of nitrogens with zero attached hydrogens (tertiary/aromatic N) is 4. The van der Waals surface area contributed by atoms with E-state index in [0.29, 0.717) is 36.5 Å². The third-order valence-electron chi connectivity index (χ3n) is 3.79. The van der Waals surface area contributed by atoms with Gasteiger partial charge < -0.3 is 4.74 Å². The van der Waals surface area contributed by atoms with Crippen molar-refractivity contribution >= 4 is 15.8 Å². The zero-order chi connectivity index (χ0) is 17.9. The molecule has 2 heterocycles. The number of ether oxygens (including phenoxy) is 1. The minimum Gasteiger partial charge on any atom is -0.497 e. The van der Waals surface area contributed by atoms with Crippen LogP contribution >= 0.6 is 0 Å². The van der Waals surface area contributed by atoms with E-state index in [9.17, 15) is 8.42 Å². The smallest absolute Gasteiger partial charge is 0.252 e. The van der Waals surface area contributed by atoms with Gasteiger partial charge in [0.25, 0.3) is 5.78 Å². The third kappa shape index (κ3) is 3.94. The third-order valence-corrected chi connectivity index (χ3v) is 5.42. The Kier molecular flexibility index (Phi) is 4.95. The summed E-state index contributed by atoms with van der Waals surface area (Å²) in [5, 5.41) is 4.03. The topological polar surface area (TPSA) is 98.5 Å². The molecule has 0 bridgehead atoms. The predicted molar refractivity (Wildman–Crippen MR) is 92.0 cm³/mol. The number of fused-ring (bicyclic) bond motifs is 1. The highest BCUT2D eigenvalue weighted by atomic mass is 32.2. The summed E-state index contributed by atoms with van der Waals surface area (Å²) in [6.07, 6.45) is 6.35. The van der Waals surface area contributed by atoms with Crippen molar-refractivity contribution in [2.45, 2.75) is 24.7 Å². The summed E-state index contributed by atoms with van der Waals surface area (Å²) in [7, 11) is -2.00. The average Bonchev–Trinajstić information content (AvgIpc) is 3.06. The Morgan fingerprint density at radius 2 is 2.12 bits per heavy atom. The number of aromatic nitrogens is 4. The van der Waals surface area contributed by atoms with Crippen LogP contribution in [0.4, 0.5) is 0 Å². The molecule has 0 fully saturated rings. The number of methoxy groups -OCH3 is 1. The number of sulfonamides is 1. The van der Waals surface area contributed by atoms with Crippen LogP contribution in [0, 0.1) is 6.92 Å². The van der Waals surface area contributed by atoms with Gasteiger partial charge in [-0.2, -0.15) is 10.1 Å². The molecule has 0 aliphatic rings. The Hall–Kier alpha value is -2.52. The standard InChI is InChI=1S/C16H19N5O3S/c1-12-8-14(24-2)5-6-15(12)25(22,23)20-7-3-4-13-9-17-16-18-11-19-21(16)10-13/h5-6,8-11,20H,3-4,7H2,1-2H3. The molecule has 0 spiro atoms. The number of rotatable bonds is 7. The second-order valence-corrected chi connectivity index (χ2v) is 7.33. The summed E-state index contributed by atoms with van der Waals surface area (Å²) in [6.45, 7) is 2.08. The van der Waals surface area contributed by atoms with Crippen LogP contribution in [0.5, 0.6) is 5.75 Å². The Bertz CT molecular complexity index is 984. The molecule has 9 heteroatoms. The molecule has 1 aromatic carbocycles. The number of aryl methyl sites for hydroxylation is 2. The fraction of sp³-hybridized carbons (Fsp3) is 0.312. The molecule has 0 amide bonds. The van der Waals surface area contributed by atoms with Crippen molar-refractivity contribution in [1.82, 2.24) is 24.3 Å². The minimum atomic E-state index is -3.54. The first-order valence-electron chi connectivity index (χ1n) is 7.78. The minimum absolute atomic E-state index is 0.263. The lowest BCUT2D eigenvalue weighted by atomic mass is 10.2. The first kappa shape index (κ1) is 17.3. The second kappa shape index (κ2) is 7.16. The highest BCUT2D eigenvalue weighted by molar-refractivity contribution is 7.89. The fourth-order valence-corrected chi connectivity index (χ4v) is 3.81. The SMILES string of the molecule is COc1ccc(S(=O)(=O)NCCCc2cnc3ncnn3c2)c(C)c1. The molecule has 0 saturated heterocycles. The molecule has 0 atom stereocenters. The first-order valence-corrected chi connectivity index (χ1v) is 9.26. The van der Waals surface area contributed by atoms with Gasteiger partial charge >= 0.3 is 0 Å². The summed E-state index contributed by atoms with van der Waals surface area (Å²) in [4.78, 5) is 8.43. The van der Waals surface area contributed by atoms with Gasteiger partial charge in [-0.15, -0.1) is 0 Å². The maximum Gasteiger partial charge on any atom is 0.252 e. The quantitative estimate of drug-likeness (QED) is 0.638. The summed E-state index contributed by atoms with van der Waals surface area (Å²) in [6, 6.07) is 4.90. The molecule has 0 saturated carbocycles. The molecule has 132 valence electrons.